The molecule has 0 saturated carbocycles. The fourth-order valence-corrected chi connectivity index (χ4v) is 0.684. The number of nitrogens with zero attached hydrogens (tertiary/aromatic N) is 3. The van der Waals surface area contributed by atoms with Gasteiger partial charge in [-0.1, -0.05) is 0 Å². The highest BCUT2D eigenvalue weighted by Crippen LogP contribution is 1.97. The second kappa shape index (κ2) is 3.16. The first-order valence-electron chi connectivity index (χ1n) is 3.13. The van der Waals surface area contributed by atoms with Gasteiger partial charge in [0.15, 0.2) is 11.5 Å². The van der Waals surface area contributed by atoms with Crippen LogP contribution in [0, 0.1) is 6.92 Å². The maximum absolute atomic E-state index is 11.0. The molecule has 0 amide bonds. The van der Waals surface area contributed by atoms with Gasteiger partial charge in [-0.2, -0.15) is 0 Å². The Labute approximate surface area is 63.7 Å². The average molecular weight is 152 g/mol. The Kier molecular flexibility index (Phi) is 2.22. The summed E-state index contributed by atoms with van der Waals surface area (Å²) in [6.45, 7) is 1.64. The van der Waals surface area contributed by atoms with Crippen molar-refractivity contribution in [2.75, 3.05) is 6.54 Å². The van der Waals surface area contributed by atoms with E-state index < -0.39 is 0 Å². The Hall–Kier alpha value is -1.36. The quantitative estimate of drug-likeness (QED) is 0.568. The van der Waals surface area contributed by atoms with Crippen LogP contribution in [0.15, 0.2) is 6.33 Å². The Bertz CT molecular complexity index is 273. The van der Waals surface area contributed by atoms with E-state index in [1.165, 1.54) is 6.33 Å². The molecule has 5 heteroatoms. The van der Waals surface area contributed by atoms with E-state index in [1.807, 2.05) is 0 Å². The van der Waals surface area contributed by atoms with Crippen LogP contribution in [0.5, 0.6) is 0 Å². The smallest absolute Gasteiger partial charge is 0.198 e. The SMILES string of the molecule is Cc1ncnnc1C(=O)CN. The van der Waals surface area contributed by atoms with E-state index in [2.05, 4.69) is 15.2 Å². The largest absolute Gasteiger partial charge is 0.324 e. The van der Waals surface area contributed by atoms with Crippen LogP contribution in [0.1, 0.15) is 16.2 Å². The molecular formula is C6H8N4O. The summed E-state index contributed by atoms with van der Waals surface area (Å²) in [6.07, 6.45) is 1.29. The Balaban J connectivity index is 3.03. The third-order valence-corrected chi connectivity index (χ3v) is 1.25. The molecule has 11 heavy (non-hydrogen) atoms. The van der Waals surface area contributed by atoms with Gasteiger partial charge >= 0.3 is 0 Å². The number of carbonyl (C=O) groups excluding carboxylic acids is 1. The summed E-state index contributed by atoms with van der Waals surface area (Å²) in [4.78, 5) is 14.8. The molecule has 0 radical (unpaired) electrons. The average Bonchev–Trinajstić information content (AvgIpc) is 2.04. The first-order valence-corrected chi connectivity index (χ1v) is 3.13. The van der Waals surface area contributed by atoms with E-state index >= 15 is 0 Å². The normalized spacial score (nSPS) is 9.64. The lowest BCUT2D eigenvalue weighted by atomic mass is 10.2. The molecule has 0 spiro atoms. The standard InChI is InChI=1S/C6H8N4O/c1-4-6(5(11)2-7)10-9-3-8-4/h3H,2,7H2,1H3. The monoisotopic (exact) mass is 152 g/mol. The highest BCUT2D eigenvalue weighted by atomic mass is 16.1. The Morgan fingerprint density at radius 2 is 2.45 bits per heavy atom. The molecule has 0 atom stereocenters. The van der Waals surface area contributed by atoms with Crippen LogP contribution in [-0.4, -0.2) is 27.5 Å². The fraction of sp³-hybridized carbons (Fsp3) is 0.333. The van der Waals surface area contributed by atoms with Gasteiger partial charge in [0.25, 0.3) is 0 Å². The molecule has 0 aliphatic carbocycles. The number of rotatable bonds is 2. The molecule has 1 aromatic heterocycles. The molecule has 1 rings (SSSR count). The van der Waals surface area contributed by atoms with E-state index in [9.17, 15) is 4.79 Å². The third kappa shape index (κ3) is 1.56. The molecule has 0 aliphatic rings. The van der Waals surface area contributed by atoms with E-state index in [-0.39, 0.29) is 18.0 Å². The zero-order valence-corrected chi connectivity index (χ0v) is 6.11. The lowest BCUT2D eigenvalue weighted by Gasteiger charge is -1.96. The number of Topliss-reactive ketones (excluding diaryl/α,β-unsaturated/α-hetero) is 1. The van der Waals surface area contributed by atoms with E-state index in [4.69, 9.17) is 5.73 Å². The molecule has 0 aromatic carbocycles. The van der Waals surface area contributed by atoms with Crippen LogP contribution >= 0.6 is 0 Å². The van der Waals surface area contributed by atoms with Gasteiger partial charge in [0.1, 0.15) is 6.33 Å². The number of ketones is 1. The molecule has 0 fully saturated rings. The predicted octanol–water partition coefficient (Wildman–Crippen LogP) is -0.679. The van der Waals surface area contributed by atoms with Gasteiger partial charge in [0.05, 0.1) is 12.2 Å². The summed E-state index contributed by atoms with van der Waals surface area (Å²) in [7, 11) is 0. The molecule has 5 nitrogen and oxygen atoms in total. The minimum absolute atomic E-state index is 0.0544. The van der Waals surface area contributed by atoms with Gasteiger partial charge in [0, 0.05) is 0 Å². The zero-order valence-electron chi connectivity index (χ0n) is 6.11. The number of aryl methyl sites for hydroxylation is 1. The topological polar surface area (TPSA) is 81.8 Å². The summed E-state index contributed by atoms with van der Waals surface area (Å²) < 4.78 is 0. The zero-order chi connectivity index (χ0) is 8.27. The van der Waals surface area contributed by atoms with Gasteiger partial charge in [-0.15, -0.1) is 10.2 Å². The van der Waals surface area contributed by atoms with Crippen molar-refractivity contribution in [1.29, 1.82) is 0 Å². The third-order valence-electron chi connectivity index (χ3n) is 1.25. The lowest BCUT2D eigenvalue weighted by Crippen LogP contribution is -2.17. The first kappa shape index (κ1) is 7.74. The molecule has 0 saturated heterocycles. The number of hydrogen-bond donors (Lipinski definition) is 1. The van der Waals surface area contributed by atoms with Crippen LogP contribution < -0.4 is 5.73 Å². The van der Waals surface area contributed by atoms with Crippen LogP contribution in [-0.2, 0) is 0 Å². The summed E-state index contributed by atoms with van der Waals surface area (Å²) in [5.41, 5.74) is 5.95. The minimum atomic E-state index is -0.233. The van der Waals surface area contributed by atoms with Crippen LogP contribution in [0.2, 0.25) is 0 Å². The molecule has 1 aromatic rings. The lowest BCUT2D eigenvalue weighted by molar-refractivity contribution is 0.0994. The van der Waals surface area contributed by atoms with Crippen LogP contribution in [0.25, 0.3) is 0 Å². The second-order valence-electron chi connectivity index (χ2n) is 2.02. The number of hydrogen-bond acceptors (Lipinski definition) is 5. The van der Waals surface area contributed by atoms with Crippen molar-refractivity contribution in [3.8, 4) is 0 Å². The maximum Gasteiger partial charge on any atom is 0.198 e. The van der Waals surface area contributed by atoms with E-state index in [0.29, 0.717) is 5.69 Å². The van der Waals surface area contributed by atoms with Crippen molar-refractivity contribution < 1.29 is 4.79 Å². The minimum Gasteiger partial charge on any atom is -0.324 e. The van der Waals surface area contributed by atoms with Crippen molar-refractivity contribution >= 4 is 5.78 Å². The van der Waals surface area contributed by atoms with Gasteiger partial charge in [-0.05, 0) is 6.92 Å². The number of nitrogens with two attached hydrogens (primary N) is 1. The Morgan fingerprint density at radius 3 is 3.00 bits per heavy atom. The number of aromatic nitrogens is 3. The molecular weight excluding hydrogens is 144 g/mol. The van der Waals surface area contributed by atoms with Gasteiger partial charge in [-0.25, -0.2) is 4.98 Å². The molecule has 2 N–H and O–H groups in total. The molecule has 0 bridgehead atoms. The molecule has 1 heterocycles. The van der Waals surface area contributed by atoms with Crippen molar-refractivity contribution in [2.24, 2.45) is 5.73 Å². The van der Waals surface area contributed by atoms with E-state index in [1.54, 1.807) is 6.92 Å². The van der Waals surface area contributed by atoms with Crippen LogP contribution in [0.3, 0.4) is 0 Å². The summed E-state index contributed by atoms with van der Waals surface area (Å²) in [5.74, 6) is -0.233. The van der Waals surface area contributed by atoms with Crippen molar-refractivity contribution in [3.63, 3.8) is 0 Å². The maximum atomic E-state index is 11.0. The first-order chi connectivity index (χ1) is 5.25. The molecule has 0 aliphatic heterocycles. The van der Waals surface area contributed by atoms with E-state index in [0.717, 1.165) is 0 Å². The highest BCUT2D eigenvalue weighted by molar-refractivity contribution is 5.96. The highest BCUT2D eigenvalue weighted by Gasteiger charge is 2.08. The predicted molar refractivity (Wildman–Crippen MR) is 37.9 cm³/mol. The van der Waals surface area contributed by atoms with Gasteiger partial charge in [0.2, 0.25) is 0 Å². The summed E-state index contributed by atoms with van der Waals surface area (Å²) in [6, 6.07) is 0. The molecule has 0 unspecified atom stereocenters. The molecule has 58 valence electrons. The van der Waals surface area contributed by atoms with Gasteiger partial charge < -0.3 is 5.73 Å². The fourth-order valence-electron chi connectivity index (χ4n) is 0.684. The van der Waals surface area contributed by atoms with Crippen molar-refractivity contribution in [2.45, 2.75) is 6.92 Å². The van der Waals surface area contributed by atoms with Crippen molar-refractivity contribution in [3.05, 3.63) is 17.7 Å². The Morgan fingerprint density at radius 1 is 1.73 bits per heavy atom. The summed E-state index contributed by atoms with van der Waals surface area (Å²) in [5, 5.41) is 7.08. The van der Waals surface area contributed by atoms with Crippen LogP contribution in [0.4, 0.5) is 0 Å². The van der Waals surface area contributed by atoms with Crippen molar-refractivity contribution in [1.82, 2.24) is 15.2 Å². The van der Waals surface area contributed by atoms with Gasteiger partial charge in [-0.3, -0.25) is 4.79 Å². The second-order valence-corrected chi connectivity index (χ2v) is 2.02. The summed E-state index contributed by atoms with van der Waals surface area (Å²) >= 11 is 0. The number of carbonyl (C=O) groups is 1.